The molecule has 0 fully saturated rings. The smallest absolute Gasteiger partial charge is 0.227 e. The van der Waals surface area contributed by atoms with Crippen LogP contribution in [-0.4, -0.2) is 29.1 Å². The van der Waals surface area contributed by atoms with E-state index in [1.165, 1.54) is 11.1 Å². The Balaban J connectivity index is 1.36. The van der Waals surface area contributed by atoms with Gasteiger partial charge >= 0.3 is 0 Å². The van der Waals surface area contributed by atoms with E-state index < -0.39 is 0 Å². The summed E-state index contributed by atoms with van der Waals surface area (Å²) < 4.78 is 0. The van der Waals surface area contributed by atoms with Crippen molar-refractivity contribution in [2.45, 2.75) is 38.5 Å². The fraction of sp³-hybridized carbons (Fsp3) is 0.333. The lowest BCUT2D eigenvalue weighted by molar-refractivity contribution is -0.121. The van der Waals surface area contributed by atoms with Crippen molar-refractivity contribution in [2.75, 3.05) is 11.9 Å². The molecule has 1 aliphatic rings. The number of carbonyl (C=O) groups is 3. The fourth-order valence-electron chi connectivity index (χ4n) is 3.16. The third-order valence-corrected chi connectivity index (χ3v) is 4.61. The highest BCUT2D eigenvalue weighted by molar-refractivity contribution is 5.98. The van der Waals surface area contributed by atoms with E-state index in [1.54, 1.807) is 24.4 Å². The molecule has 2 amide bonds. The molecular formula is C21H23N3O3. The summed E-state index contributed by atoms with van der Waals surface area (Å²) in [4.78, 5) is 40.0. The van der Waals surface area contributed by atoms with Gasteiger partial charge in [0.05, 0.1) is 0 Å². The number of fused-ring (bicyclic) bond motifs is 1. The normalized spacial score (nSPS) is 12.3. The first-order chi connectivity index (χ1) is 13.1. The molecule has 0 radical (unpaired) electrons. The highest BCUT2D eigenvalue weighted by Crippen LogP contribution is 2.23. The highest BCUT2D eigenvalue weighted by Gasteiger charge is 2.15. The van der Waals surface area contributed by atoms with Crippen LogP contribution in [0.15, 0.2) is 42.6 Å². The van der Waals surface area contributed by atoms with Crippen molar-refractivity contribution >= 4 is 23.4 Å². The van der Waals surface area contributed by atoms with Crippen molar-refractivity contribution in [1.29, 1.82) is 0 Å². The minimum atomic E-state index is -0.227. The van der Waals surface area contributed by atoms with Crippen molar-refractivity contribution < 1.29 is 14.4 Å². The summed E-state index contributed by atoms with van der Waals surface area (Å²) in [7, 11) is 0. The molecule has 6 heteroatoms. The number of benzene rings is 1. The van der Waals surface area contributed by atoms with Gasteiger partial charge in [-0.15, -0.1) is 0 Å². The SMILES string of the molecule is O=C(CCC(=O)c1ccc2c(c1)CCC2)NCCC(=O)Nc1ccccn1. The summed E-state index contributed by atoms with van der Waals surface area (Å²) in [6.07, 6.45) is 5.29. The Hall–Kier alpha value is -3.02. The Labute approximate surface area is 158 Å². The minimum Gasteiger partial charge on any atom is -0.356 e. The maximum atomic E-state index is 12.3. The average Bonchev–Trinajstić information content (AvgIpc) is 3.14. The van der Waals surface area contributed by atoms with E-state index in [2.05, 4.69) is 15.6 Å². The molecule has 1 heterocycles. The second-order valence-electron chi connectivity index (χ2n) is 6.62. The van der Waals surface area contributed by atoms with Crippen molar-refractivity contribution in [3.05, 3.63) is 59.3 Å². The molecule has 0 unspecified atom stereocenters. The Morgan fingerprint density at radius 2 is 1.78 bits per heavy atom. The van der Waals surface area contributed by atoms with Crippen molar-refractivity contribution in [2.24, 2.45) is 0 Å². The van der Waals surface area contributed by atoms with E-state index in [9.17, 15) is 14.4 Å². The molecule has 0 aliphatic heterocycles. The van der Waals surface area contributed by atoms with Crippen LogP contribution in [0.25, 0.3) is 0 Å². The Bertz CT molecular complexity index is 834. The van der Waals surface area contributed by atoms with Gasteiger partial charge < -0.3 is 10.6 Å². The van der Waals surface area contributed by atoms with Crippen molar-refractivity contribution in [1.82, 2.24) is 10.3 Å². The number of ketones is 1. The molecule has 1 aromatic heterocycles. The van der Waals surface area contributed by atoms with E-state index >= 15 is 0 Å². The summed E-state index contributed by atoms with van der Waals surface area (Å²) in [6, 6.07) is 11.1. The van der Waals surface area contributed by atoms with E-state index in [1.807, 2.05) is 18.2 Å². The van der Waals surface area contributed by atoms with Crippen LogP contribution in [0, 0.1) is 0 Å². The number of amides is 2. The number of aromatic nitrogens is 1. The van der Waals surface area contributed by atoms with Crippen LogP contribution in [0.4, 0.5) is 5.82 Å². The zero-order valence-corrected chi connectivity index (χ0v) is 15.2. The van der Waals surface area contributed by atoms with Gasteiger partial charge in [-0.2, -0.15) is 0 Å². The van der Waals surface area contributed by atoms with Crippen LogP contribution >= 0.6 is 0 Å². The molecule has 0 atom stereocenters. The molecular weight excluding hydrogens is 342 g/mol. The molecule has 0 spiro atoms. The Morgan fingerprint density at radius 1 is 0.926 bits per heavy atom. The summed E-state index contributed by atoms with van der Waals surface area (Å²) in [5.74, 6) is 0.0138. The minimum absolute atomic E-state index is 0.0206. The van der Waals surface area contributed by atoms with E-state index in [0.29, 0.717) is 11.4 Å². The van der Waals surface area contributed by atoms with Crippen LogP contribution in [0.3, 0.4) is 0 Å². The standard InChI is InChI=1S/C21H23N3O3/c25-18(17-8-7-15-4-3-5-16(15)14-17)9-10-20(26)23-13-11-21(27)24-19-6-1-2-12-22-19/h1-2,6-8,12,14H,3-5,9-11,13H2,(H,23,26)(H,22,24,27). The number of pyridine rings is 1. The molecule has 3 rings (SSSR count). The average molecular weight is 365 g/mol. The van der Waals surface area contributed by atoms with E-state index in [-0.39, 0.29) is 43.4 Å². The monoisotopic (exact) mass is 365 g/mol. The molecule has 1 aliphatic carbocycles. The molecule has 140 valence electrons. The molecule has 1 aromatic carbocycles. The second kappa shape index (κ2) is 9.07. The zero-order chi connectivity index (χ0) is 19.1. The van der Waals surface area contributed by atoms with Crippen LogP contribution in [0.2, 0.25) is 0 Å². The van der Waals surface area contributed by atoms with Gasteiger partial charge in [0.2, 0.25) is 11.8 Å². The van der Waals surface area contributed by atoms with Gasteiger partial charge in [0.25, 0.3) is 0 Å². The van der Waals surface area contributed by atoms with Crippen LogP contribution in [-0.2, 0) is 22.4 Å². The maximum absolute atomic E-state index is 12.3. The highest BCUT2D eigenvalue weighted by atomic mass is 16.2. The number of nitrogens with one attached hydrogen (secondary N) is 2. The van der Waals surface area contributed by atoms with Crippen LogP contribution in [0.5, 0.6) is 0 Å². The zero-order valence-electron chi connectivity index (χ0n) is 15.2. The lowest BCUT2D eigenvalue weighted by atomic mass is 10.0. The molecule has 0 saturated carbocycles. The quantitative estimate of drug-likeness (QED) is 0.704. The number of hydrogen-bond donors (Lipinski definition) is 2. The lowest BCUT2D eigenvalue weighted by Gasteiger charge is -2.07. The van der Waals surface area contributed by atoms with Crippen molar-refractivity contribution in [3.8, 4) is 0 Å². The van der Waals surface area contributed by atoms with Crippen LogP contribution in [0.1, 0.15) is 47.2 Å². The van der Waals surface area contributed by atoms with Gasteiger partial charge in [-0.1, -0.05) is 18.2 Å². The lowest BCUT2D eigenvalue weighted by Crippen LogP contribution is -2.28. The van der Waals surface area contributed by atoms with Gasteiger partial charge in [-0.3, -0.25) is 14.4 Å². The number of carbonyl (C=O) groups excluding carboxylic acids is 3. The van der Waals surface area contributed by atoms with Crippen LogP contribution < -0.4 is 10.6 Å². The molecule has 0 saturated heterocycles. The molecule has 0 bridgehead atoms. The van der Waals surface area contributed by atoms with Gasteiger partial charge in [0.1, 0.15) is 5.82 Å². The first-order valence-corrected chi connectivity index (χ1v) is 9.24. The van der Waals surface area contributed by atoms with Gasteiger partial charge in [0, 0.05) is 37.6 Å². The molecule has 6 nitrogen and oxygen atoms in total. The Morgan fingerprint density at radius 3 is 2.59 bits per heavy atom. The fourth-order valence-corrected chi connectivity index (χ4v) is 3.16. The van der Waals surface area contributed by atoms with Gasteiger partial charge in [-0.05, 0) is 48.6 Å². The predicted molar refractivity (Wildman–Crippen MR) is 103 cm³/mol. The predicted octanol–water partition coefficient (Wildman–Crippen LogP) is 2.68. The van der Waals surface area contributed by atoms with E-state index in [0.717, 1.165) is 19.3 Å². The van der Waals surface area contributed by atoms with Gasteiger partial charge in [0.15, 0.2) is 5.78 Å². The number of nitrogens with zero attached hydrogens (tertiary/aromatic N) is 1. The van der Waals surface area contributed by atoms with Crippen molar-refractivity contribution in [3.63, 3.8) is 0 Å². The largest absolute Gasteiger partial charge is 0.356 e. The topological polar surface area (TPSA) is 88.2 Å². The number of rotatable bonds is 8. The summed E-state index contributed by atoms with van der Waals surface area (Å²) >= 11 is 0. The number of Topliss-reactive ketones (excluding diaryl/α,β-unsaturated/α-hetero) is 1. The second-order valence-corrected chi connectivity index (χ2v) is 6.62. The maximum Gasteiger partial charge on any atom is 0.227 e. The summed E-state index contributed by atoms with van der Waals surface area (Å²) in [5.41, 5.74) is 3.26. The summed E-state index contributed by atoms with van der Waals surface area (Å²) in [6.45, 7) is 0.227. The third-order valence-electron chi connectivity index (χ3n) is 4.61. The number of anilines is 1. The molecule has 2 aromatic rings. The number of hydrogen-bond acceptors (Lipinski definition) is 4. The Kier molecular flexibility index (Phi) is 6.30. The van der Waals surface area contributed by atoms with E-state index in [4.69, 9.17) is 0 Å². The first kappa shape index (κ1) is 18.8. The third kappa shape index (κ3) is 5.48. The number of aryl methyl sites for hydroxylation is 2. The van der Waals surface area contributed by atoms with Gasteiger partial charge in [-0.25, -0.2) is 4.98 Å². The first-order valence-electron chi connectivity index (χ1n) is 9.24. The molecule has 27 heavy (non-hydrogen) atoms. The molecule has 2 N–H and O–H groups in total. The summed E-state index contributed by atoms with van der Waals surface area (Å²) in [5, 5.41) is 5.33.